The summed E-state index contributed by atoms with van der Waals surface area (Å²) < 4.78 is 32.4. The fourth-order valence-electron chi connectivity index (χ4n) is 2.80. The van der Waals surface area contributed by atoms with Gasteiger partial charge in [-0.05, 0) is 24.3 Å². The van der Waals surface area contributed by atoms with E-state index in [2.05, 4.69) is 4.98 Å². The Bertz CT molecular complexity index is 955. The Hall–Kier alpha value is -3.02. The first-order chi connectivity index (χ1) is 12.1. The lowest BCUT2D eigenvalue weighted by molar-refractivity contribution is 0.0158. The Morgan fingerprint density at radius 3 is 2.68 bits per heavy atom. The van der Waals surface area contributed by atoms with Crippen LogP contribution in [0.15, 0.2) is 54.6 Å². The molecule has 3 aromatic rings. The van der Waals surface area contributed by atoms with Crippen molar-refractivity contribution in [3.63, 3.8) is 0 Å². The molecule has 2 heterocycles. The third-order valence-electron chi connectivity index (χ3n) is 4.16. The highest BCUT2D eigenvalue weighted by molar-refractivity contribution is 5.95. The molecular weight excluding hydrogens is 326 g/mol. The number of rotatable bonds is 3. The van der Waals surface area contributed by atoms with Crippen LogP contribution in [0.25, 0.3) is 10.9 Å². The second-order valence-corrected chi connectivity index (χ2v) is 5.92. The van der Waals surface area contributed by atoms with E-state index in [0.29, 0.717) is 25.0 Å². The van der Waals surface area contributed by atoms with Crippen molar-refractivity contribution >= 4 is 16.8 Å². The van der Waals surface area contributed by atoms with E-state index >= 15 is 0 Å². The molecule has 0 aliphatic carbocycles. The molecule has 0 spiro atoms. The first kappa shape index (κ1) is 15.5. The number of fused-ring (bicyclic) bond motifs is 1. The molecule has 126 valence electrons. The number of nitrogens with zero attached hydrogens (tertiary/aromatic N) is 2. The zero-order valence-corrected chi connectivity index (χ0v) is 13.2. The van der Waals surface area contributed by atoms with E-state index in [0.717, 1.165) is 23.0 Å². The number of likely N-dealkylation sites (tertiary alicyclic amines) is 1. The average Bonchev–Trinajstić information content (AvgIpc) is 2.57. The standard InChI is InChI=1S/C19H14F2N2O2/c20-13-6-7-15(16(21)9-13)19(24)23-10-14(11-23)25-18-8-5-12-3-1-2-4-17(12)22-18/h1-9,14H,10-11H2. The Kier molecular flexibility index (Phi) is 3.80. The molecule has 0 bridgehead atoms. The van der Waals surface area contributed by atoms with Gasteiger partial charge in [0.25, 0.3) is 5.91 Å². The van der Waals surface area contributed by atoms with E-state index in [4.69, 9.17) is 4.74 Å². The minimum atomic E-state index is -0.856. The summed E-state index contributed by atoms with van der Waals surface area (Å²) in [5, 5.41) is 1.02. The van der Waals surface area contributed by atoms with Gasteiger partial charge in [-0.15, -0.1) is 0 Å². The van der Waals surface area contributed by atoms with E-state index in [1.165, 1.54) is 4.90 Å². The van der Waals surface area contributed by atoms with Gasteiger partial charge in [-0.3, -0.25) is 4.79 Å². The van der Waals surface area contributed by atoms with Crippen molar-refractivity contribution in [1.82, 2.24) is 9.88 Å². The number of hydrogen-bond donors (Lipinski definition) is 0. The van der Waals surface area contributed by atoms with E-state index in [-0.39, 0.29) is 11.7 Å². The van der Waals surface area contributed by atoms with E-state index in [1.54, 1.807) is 6.07 Å². The highest BCUT2D eigenvalue weighted by atomic mass is 19.1. The summed E-state index contributed by atoms with van der Waals surface area (Å²) in [7, 11) is 0. The van der Waals surface area contributed by atoms with Crippen LogP contribution in [0.1, 0.15) is 10.4 Å². The van der Waals surface area contributed by atoms with Crippen LogP contribution in [0.5, 0.6) is 5.88 Å². The molecule has 6 heteroatoms. The van der Waals surface area contributed by atoms with Crippen LogP contribution < -0.4 is 4.74 Å². The molecule has 2 aromatic carbocycles. The van der Waals surface area contributed by atoms with Crippen molar-refractivity contribution in [3.05, 3.63) is 71.8 Å². The third-order valence-corrected chi connectivity index (χ3v) is 4.16. The molecule has 0 N–H and O–H groups in total. The van der Waals surface area contributed by atoms with Gasteiger partial charge >= 0.3 is 0 Å². The van der Waals surface area contributed by atoms with Crippen LogP contribution in [-0.2, 0) is 0 Å². The van der Waals surface area contributed by atoms with Crippen LogP contribution in [0.4, 0.5) is 8.78 Å². The van der Waals surface area contributed by atoms with Gasteiger partial charge in [-0.1, -0.05) is 18.2 Å². The first-order valence-corrected chi connectivity index (χ1v) is 7.87. The molecule has 1 fully saturated rings. The number of para-hydroxylation sites is 1. The lowest BCUT2D eigenvalue weighted by Gasteiger charge is -2.38. The normalized spacial score (nSPS) is 14.4. The van der Waals surface area contributed by atoms with Crippen LogP contribution in [0.3, 0.4) is 0 Å². The van der Waals surface area contributed by atoms with Gasteiger partial charge in [0.15, 0.2) is 0 Å². The molecule has 0 radical (unpaired) electrons. The highest BCUT2D eigenvalue weighted by Gasteiger charge is 2.34. The quantitative estimate of drug-likeness (QED) is 0.734. The summed E-state index contributed by atoms with van der Waals surface area (Å²) in [6.45, 7) is 0.675. The molecule has 25 heavy (non-hydrogen) atoms. The topological polar surface area (TPSA) is 42.4 Å². The molecule has 0 saturated carbocycles. The van der Waals surface area contributed by atoms with Gasteiger partial charge in [0.05, 0.1) is 24.2 Å². The Balaban J connectivity index is 1.40. The van der Waals surface area contributed by atoms with Gasteiger partial charge < -0.3 is 9.64 Å². The smallest absolute Gasteiger partial charge is 0.257 e. The van der Waals surface area contributed by atoms with Gasteiger partial charge in [0.1, 0.15) is 17.7 Å². The van der Waals surface area contributed by atoms with Crippen LogP contribution in [0, 0.1) is 11.6 Å². The van der Waals surface area contributed by atoms with Crippen LogP contribution in [0.2, 0.25) is 0 Å². The van der Waals surface area contributed by atoms with Crippen molar-refractivity contribution in [3.8, 4) is 5.88 Å². The fraction of sp³-hybridized carbons (Fsp3) is 0.158. The zero-order chi connectivity index (χ0) is 17.4. The monoisotopic (exact) mass is 340 g/mol. The molecule has 1 amide bonds. The summed E-state index contributed by atoms with van der Waals surface area (Å²) in [6.07, 6.45) is -0.193. The molecule has 0 atom stereocenters. The molecule has 1 saturated heterocycles. The van der Waals surface area contributed by atoms with Crippen molar-refractivity contribution in [1.29, 1.82) is 0 Å². The van der Waals surface area contributed by atoms with E-state index < -0.39 is 17.5 Å². The molecule has 0 unspecified atom stereocenters. The Labute approximate surface area is 142 Å². The molecule has 4 nitrogen and oxygen atoms in total. The maximum Gasteiger partial charge on any atom is 0.257 e. The molecule has 1 aliphatic heterocycles. The van der Waals surface area contributed by atoms with Gasteiger partial charge in [0.2, 0.25) is 5.88 Å². The first-order valence-electron chi connectivity index (χ1n) is 7.87. The lowest BCUT2D eigenvalue weighted by atomic mass is 10.1. The average molecular weight is 340 g/mol. The maximum atomic E-state index is 13.7. The SMILES string of the molecule is O=C(c1ccc(F)cc1F)N1CC(Oc2ccc3ccccc3n2)C1. The number of halogens is 2. The van der Waals surface area contributed by atoms with Gasteiger partial charge in [0, 0.05) is 17.5 Å². The van der Waals surface area contributed by atoms with Crippen molar-refractivity contribution < 1.29 is 18.3 Å². The summed E-state index contributed by atoms with van der Waals surface area (Å²) in [5.41, 5.74) is 0.698. The molecule has 4 rings (SSSR count). The Morgan fingerprint density at radius 2 is 1.88 bits per heavy atom. The van der Waals surface area contributed by atoms with Crippen molar-refractivity contribution in [2.24, 2.45) is 0 Å². The molecule has 1 aliphatic rings. The number of carbonyl (C=O) groups is 1. The van der Waals surface area contributed by atoms with Gasteiger partial charge in [-0.25, -0.2) is 13.8 Å². The second-order valence-electron chi connectivity index (χ2n) is 5.92. The number of amides is 1. The lowest BCUT2D eigenvalue weighted by Crippen LogP contribution is -2.56. The third kappa shape index (κ3) is 3.03. The number of aromatic nitrogens is 1. The number of pyridine rings is 1. The fourth-order valence-corrected chi connectivity index (χ4v) is 2.80. The summed E-state index contributed by atoms with van der Waals surface area (Å²) in [5.74, 6) is -1.54. The Morgan fingerprint density at radius 1 is 1.08 bits per heavy atom. The highest BCUT2D eigenvalue weighted by Crippen LogP contribution is 2.22. The number of carbonyl (C=O) groups excluding carboxylic acids is 1. The maximum absolute atomic E-state index is 13.7. The van der Waals surface area contributed by atoms with E-state index in [1.807, 2.05) is 30.3 Å². The summed E-state index contributed by atoms with van der Waals surface area (Å²) in [6, 6.07) is 14.4. The minimum Gasteiger partial charge on any atom is -0.471 e. The number of hydrogen-bond acceptors (Lipinski definition) is 3. The summed E-state index contributed by atoms with van der Waals surface area (Å²) >= 11 is 0. The van der Waals surface area contributed by atoms with Crippen molar-refractivity contribution in [2.75, 3.05) is 13.1 Å². The van der Waals surface area contributed by atoms with Crippen LogP contribution in [-0.4, -0.2) is 35.0 Å². The second kappa shape index (κ2) is 6.12. The zero-order valence-electron chi connectivity index (χ0n) is 13.2. The summed E-state index contributed by atoms with van der Waals surface area (Å²) in [4.78, 5) is 18.1. The molecule has 1 aromatic heterocycles. The number of ether oxygens (including phenoxy) is 1. The van der Waals surface area contributed by atoms with Gasteiger partial charge in [-0.2, -0.15) is 0 Å². The molecular formula is C19H14F2N2O2. The minimum absolute atomic E-state index is 0.135. The largest absolute Gasteiger partial charge is 0.471 e. The number of benzene rings is 2. The predicted octanol–water partition coefficient (Wildman–Crippen LogP) is 3.42. The predicted molar refractivity (Wildman–Crippen MR) is 88.4 cm³/mol. The van der Waals surface area contributed by atoms with E-state index in [9.17, 15) is 13.6 Å². The van der Waals surface area contributed by atoms with Crippen molar-refractivity contribution in [2.45, 2.75) is 6.10 Å². The van der Waals surface area contributed by atoms with Crippen LogP contribution >= 0.6 is 0 Å².